The first kappa shape index (κ1) is 10.2. The van der Waals surface area contributed by atoms with Crippen molar-refractivity contribution in [3.8, 4) is 11.3 Å². The molecule has 0 bridgehead atoms. The Labute approximate surface area is 91.5 Å². The molecule has 5 N–H and O–H groups in total. The molecule has 0 amide bonds. The average Bonchev–Trinajstić information content (AvgIpc) is 2.33. The smallest absolute Gasteiger partial charge is 0.273 e. The number of benzene rings is 1. The zero-order valence-corrected chi connectivity index (χ0v) is 8.42. The summed E-state index contributed by atoms with van der Waals surface area (Å²) in [6.45, 7) is 0. The van der Waals surface area contributed by atoms with Crippen LogP contribution in [0.3, 0.4) is 0 Å². The van der Waals surface area contributed by atoms with Crippen LogP contribution in [-0.2, 0) is 0 Å². The summed E-state index contributed by atoms with van der Waals surface area (Å²) in [5, 5.41) is 0. The van der Waals surface area contributed by atoms with Crippen LogP contribution < -0.4 is 22.7 Å². The fourth-order valence-corrected chi connectivity index (χ4v) is 1.35. The third-order valence-corrected chi connectivity index (χ3v) is 2.15. The number of nitrogens with zero attached hydrogens (tertiary/aromatic N) is 2. The molecule has 0 atom stereocenters. The van der Waals surface area contributed by atoms with Gasteiger partial charge in [-0.15, -0.1) is 0 Å². The number of hydrogen-bond donors (Lipinski definition) is 3. The van der Waals surface area contributed by atoms with Crippen LogP contribution in [0.5, 0.6) is 0 Å². The minimum Gasteiger partial charge on any atom is -0.333 e. The lowest BCUT2D eigenvalue weighted by Gasteiger charge is -2.07. The molecule has 6 nitrogen and oxygen atoms in total. The number of hydrazine groups is 1. The first-order valence-corrected chi connectivity index (χ1v) is 4.63. The van der Waals surface area contributed by atoms with Crippen molar-refractivity contribution in [2.45, 2.75) is 0 Å². The fourth-order valence-electron chi connectivity index (χ4n) is 1.35. The Morgan fingerprint density at radius 1 is 1.25 bits per heavy atom. The molecule has 1 aromatic carbocycles. The standard InChI is InChI=1S/C10H11N5O/c11-14-10-13-8(6-9(16)15(10)12)7-4-2-1-3-5-7/h1-6H,11-12H2,(H,13,14). The lowest BCUT2D eigenvalue weighted by Crippen LogP contribution is -2.32. The SMILES string of the molecule is NNc1nc(-c2ccccc2)cc(=O)n1N. The Kier molecular flexibility index (Phi) is 2.57. The van der Waals surface area contributed by atoms with Gasteiger partial charge in [-0.05, 0) is 0 Å². The molecule has 0 aliphatic heterocycles. The zero-order valence-electron chi connectivity index (χ0n) is 8.42. The van der Waals surface area contributed by atoms with Crippen LogP contribution in [0.15, 0.2) is 41.2 Å². The minimum atomic E-state index is -0.373. The second-order valence-corrected chi connectivity index (χ2v) is 3.18. The Hall–Kier alpha value is -2.34. The average molecular weight is 217 g/mol. The summed E-state index contributed by atoms with van der Waals surface area (Å²) in [5.74, 6) is 10.8. The quantitative estimate of drug-likeness (QED) is 0.482. The van der Waals surface area contributed by atoms with Gasteiger partial charge in [-0.1, -0.05) is 30.3 Å². The normalized spacial score (nSPS) is 10.1. The van der Waals surface area contributed by atoms with E-state index in [9.17, 15) is 4.79 Å². The van der Waals surface area contributed by atoms with Gasteiger partial charge in [-0.3, -0.25) is 10.2 Å². The van der Waals surface area contributed by atoms with Crippen LogP contribution in [-0.4, -0.2) is 9.66 Å². The number of rotatable bonds is 2. The predicted octanol–water partition coefficient (Wildman–Crippen LogP) is -0.0903. The highest BCUT2D eigenvalue weighted by Crippen LogP contribution is 2.15. The molecule has 1 aromatic heterocycles. The number of aromatic nitrogens is 2. The summed E-state index contributed by atoms with van der Waals surface area (Å²) >= 11 is 0. The molecule has 0 fully saturated rings. The summed E-state index contributed by atoms with van der Waals surface area (Å²) in [4.78, 5) is 15.6. The van der Waals surface area contributed by atoms with E-state index in [-0.39, 0.29) is 11.5 Å². The van der Waals surface area contributed by atoms with E-state index < -0.39 is 0 Å². The Morgan fingerprint density at radius 2 is 1.94 bits per heavy atom. The van der Waals surface area contributed by atoms with Crippen molar-refractivity contribution in [1.29, 1.82) is 0 Å². The molecule has 1 heterocycles. The molecular formula is C10H11N5O. The molecular weight excluding hydrogens is 206 g/mol. The highest BCUT2D eigenvalue weighted by Gasteiger charge is 2.06. The monoisotopic (exact) mass is 217 g/mol. The van der Waals surface area contributed by atoms with Gasteiger partial charge in [0.15, 0.2) is 0 Å². The molecule has 0 saturated heterocycles. The maximum atomic E-state index is 11.5. The van der Waals surface area contributed by atoms with Crippen LogP contribution in [0.25, 0.3) is 11.3 Å². The number of nitrogens with two attached hydrogens (primary N) is 2. The second-order valence-electron chi connectivity index (χ2n) is 3.18. The van der Waals surface area contributed by atoms with Gasteiger partial charge < -0.3 is 5.84 Å². The number of nitrogen functional groups attached to an aromatic ring is 2. The second kappa shape index (κ2) is 4.03. The lowest BCUT2D eigenvalue weighted by molar-refractivity contribution is 0.892. The van der Waals surface area contributed by atoms with E-state index in [1.54, 1.807) is 0 Å². The third kappa shape index (κ3) is 1.73. The molecule has 0 aliphatic carbocycles. The summed E-state index contributed by atoms with van der Waals surface area (Å²) in [5.41, 5.74) is 3.26. The first-order valence-electron chi connectivity index (χ1n) is 4.63. The van der Waals surface area contributed by atoms with E-state index in [4.69, 9.17) is 11.7 Å². The summed E-state index contributed by atoms with van der Waals surface area (Å²) in [6.07, 6.45) is 0. The van der Waals surface area contributed by atoms with Crippen LogP contribution in [0.1, 0.15) is 0 Å². The maximum Gasteiger partial charge on any atom is 0.273 e. The van der Waals surface area contributed by atoms with E-state index in [0.29, 0.717) is 5.69 Å². The lowest BCUT2D eigenvalue weighted by atomic mass is 10.1. The molecule has 82 valence electrons. The topological polar surface area (TPSA) is 99.0 Å². The van der Waals surface area contributed by atoms with Gasteiger partial charge in [0, 0.05) is 11.6 Å². The number of nitrogens with one attached hydrogen (secondary N) is 1. The van der Waals surface area contributed by atoms with Gasteiger partial charge >= 0.3 is 0 Å². The molecule has 0 aliphatic rings. The summed E-state index contributed by atoms with van der Waals surface area (Å²) in [6, 6.07) is 10.7. The molecule has 2 aromatic rings. The fraction of sp³-hybridized carbons (Fsp3) is 0. The number of anilines is 1. The van der Waals surface area contributed by atoms with Crippen LogP contribution in [0.4, 0.5) is 5.95 Å². The summed E-state index contributed by atoms with van der Waals surface area (Å²) < 4.78 is 0.854. The van der Waals surface area contributed by atoms with Crippen molar-refractivity contribution >= 4 is 5.95 Å². The molecule has 0 radical (unpaired) electrons. The molecule has 0 saturated carbocycles. The van der Waals surface area contributed by atoms with E-state index in [1.807, 2.05) is 30.3 Å². The van der Waals surface area contributed by atoms with Gasteiger partial charge in [-0.25, -0.2) is 10.8 Å². The van der Waals surface area contributed by atoms with Crippen molar-refractivity contribution in [3.05, 3.63) is 46.8 Å². The summed E-state index contributed by atoms with van der Waals surface area (Å²) in [7, 11) is 0. The van der Waals surface area contributed by atoms with Crippen molar-refractivity contribution in [2.75, 3.05) is 11.3 Å². The van der Waals surface area contributed by atoms with Gasteiger partial charge in [0.05, 0.1) is 5.69 Å². The van der Waals surface area contributed by atoms with Crippen molar-refractivity contribution in [3.63, 3.8) is 0 Å². The minimum absolute atomic E-state index is 0.117. The number of hydrogen-bond acceptors (Lipinski definition) is 5. The van der Waals surface area contributed by atoms with Crippen molar-refractivity contribution in [1.82, 2.24) is 9.66 Å². The highest BCUT2D eigenvalue weighted by molar-refractivity contribution is 5.59. The Balaban J connectivity index is 2.60. The van der Waals surface area contributed by atoms with Gasteiger partial charge in [0.2, 0.25) is 5.95 Å². The Bertz CT molecular complexity index is 549. The largest absolute Gasteiger partial charge is 0.333 e. The molecule has 0 spiro atoms. The van der Waals surface area contributed by atoms with Crippen LogP contribution in [0, 0.1) is 0 Å². The van der Waals surface area contributed by atoms with E-state index in [0.717, 1.165) is 10.2 Å². The Morgan fingerprint density at radius 3 is 2.56 bits per heavy atom. The third-order valence-electron chi connectivity index (χ3n) is 2.15. The highest BCUT2D eigenvalue weighted by atomic mass is 16.1. The molecule has 2 rings (SSSR count). The first-order chi connectivity index (χ1) is 7.72. The van der Waals surface area contributed by atoms with Crippen LogP contribution in [0.2, 0.25) is 0 Å². The molecule has 6 heteroatoms. The predicted molar refractivity (Wildman–Crippen MR) is 61.9 cm³/mol. The van der Waals surface area contributed by atoms with E-state index in [1.165, 1.54) is 6.07 Å². The van der Waals surface area contributed by atoms with E-state index in [2.05, 4.69) is 10.4 Å². The van der Waals surface area contributed by atoms with Gasteiger partial charge in [-0.2, -0.15) is 4.68 Å². The maximum absolute atomic E-state index is 11.5. The van der Waals surface area contributed by atoms with Crippen molar-refractivity contribution < 1.29 is 0 Å². The van der Waals surface area contributed by atoms with Gasteiger partial charge in [0.1, 0.15) is 0 Å². The van der Waals surface area contributed by atoms with E-state index >= 15 is 0 Å². The zero-order chi connectivity index (χ0) is 11.5. The van der Waals surface area contributed by atoms with Crippen molar-refractivity contribution in [2.24, 2.45) is 5.84 Å². The molecule has 0 unspecified atom stereocenters. The molecule has 16 heavy (non-hydrogen) atoms. The van der Waals surface area contributed by atoms with Crippen LogP contribution >= 0.6 is 0 Å². The van der Waals surface area contributed by atoms with Gasteiger partial charge in [0.25, 0.3) is 5.56 Å².